The molecule has 0 spiro atoms. The van der Waals surface area contributed by atoms with Crippen molar-refractivity contribution < 1.29 is 4.92 Å². The Morgan fingerprint density at radius 1 is 1.75 bits per heavy atom. The third-order valence-electron chi connectivity index (χ3n) is 1.27. The fourth-order valence-electron chi connectivity index (χ4n) is 0.760. The molecule has 0 radical (unpaired) electrons. The summed E-state index contributed by atoms with van der Waals surface area (Å²) in [7, 11) is 1.56. The van der Waals surface area contributed by atoms with Crippen LogP contribution in [0.5, 0.6) is 0 Å². The van der Waals surface area contributed by atoms with Gasteiger partial charge in [0.05, 0.1) is 9.95 Å². The first-order valence-corrected chi connectivity index (χ1v) is 3.50. The number of nitro groups is 1. The van der Waals surface area contributed by atoms with Crippen LogP contribution < -0.4 is 5.32 Å². The quantitative estimate of drug-likeness (QED) is 0.565. The van der Waals surface area contributed by atoms with Gasteiger partial charge in [0.25, 0.3) is 0 Å². The monoisotopic (exact) mass is 187 g/mol. The lowest BCUT2D eigenvalue weighted by molar-refractivity contribution is -0.384. The summed E-state index contributed by atoms with van der Waals surface area (Å²) in [4.78, 5) is 13.6. The average Bonchev–Trinajstić information content (AvgIpc) is 2.04. The predicted molar refractivity (Wildman–Crippen MR) is 45.4 cm³/mol. The summed E-state index contributed by atoms with van der Waals surface area (Å²) < 4.78 is 0. The lowest BCUT2D eigenvalue weighted by atomic mass is 10.4. The molecule has 0 bridgehead atoms. The molecular formula is C6H6ClN3O2. The van der Waals surface area contributed by atoms with E-state index in [0.717, 1.165) is 0 Å². The number of rotatable bonds is 2. The molecule has 0 unspecified atom stereocenters. The van der Waals surface area contributed by atoms with Gasteiger partial charge in [0.2, 0.25) is 5.82 Å². The fraction of sp³-hybridized carbons (Fsp3) is 0.167. The Hall–Kier alpha value is -1.36. The van der Waals surface area contributed by atoms with Gasteiger partial charge in [0.1, 0.15) is 0 Å². The van der Waals surface area contributed by atoms with E-state index in [1.54, 1.807) is 7.05 Å². The van der Waals surface area contributed by atoms with E-state index in [1.165, 1.54) is 12.3 Å². The zero-order chi connectivity index (χ0) is 9.14. The molecular weight excluding hydrogens is 182 g/mol. The van der Waals surface area contributed by atoms with Crippen molar-refractivity contribution in [2.45, 2.75) is 0 Å². The summed E-state index contributed by atoms with van der Waals surface area (Å²) in [5, 5.41) is 13.2. The zero-order valence-electron chi connectivity index (χ0n) is 6.24. The first kappa shape index (κ1) is 8.73. The molecule has 0 atom stereocenters. The minimum Gasteiger partial charge on any atom is -0.367 e. The highest BCUT2D eigenvalue weighted by Gasteiger charge is 2.13. The van der Waals surface area contributed by atoms with Gasteiger partial charge in [-0.3, -0.25) is 10.1 Å². The number of nitrogens with one attached hydrogen (secondary N) is 1. The van der Waals surface area contributed by atoms with E-state index >= 15 is 0 Å². The van der Waals surface area contributed by atoms with Crippen molar-refractivity contribution >= 4 is 23.1 Å². The smallest absolute Gasteiger partial charge is 0.312 e. The van der Waals surface area contributed by atoms with E-state index in [9.17, 15) is 10.1 Å². The molecule has 0 aliphatic heterocycles. The Kier molecular flexibility index (Phi) is 2.44. The third-order valence-corrected chi connectivity index (χ3v) is 1.47. The molecule has 0 fully saturated rings. The normalized spacial score (nSPS) is 9.50. The van der Waals surface area contributed by atoms with Crippen LogP contribution in [-0.2, 0) is 0 Å². The van der Waals surface area contributed by atoms with Crippen molar-refractivity contribution in [3.8, 4) is 0 Å². The number of halogens is 1. The Labute approximate surface area is 73.5 Å². The first-order valence-electron chi connectivity index (χ1n) is 3.13. The van der Waals surface area contributed by atoms with Gasteiger partial charge in [-0.2, -0.15) is 0 Å². The summed E-state index contributed by atoms with van der Waals surface area (Å²) in [6, 6.07) is 1.25. The topological polar surface area (TPSA) is 68.1 Å². The van der Waals surface area contributed by atoms with Crippen molar-refractivity contribution in [2.24, 2.45) is 0 Å². The molecule has 6 heteroatoms. The molecule has 1 aromatic heterocycles. The molecule has 12 heavy (non-hydrogen) atoms. The molecule has 1 rings (SSSR count). The first-order chi connectivity index (χ1) is 5.65. The van der Waals surface area contributed by atoms with Gasteiger partial charge < -0.3 is 5.32 Å². The minimum atomic E-state index is -0.537. The SMILES string of the molecule is CNc1ncc(Cl)cc1[N+](=O)[O-]. The Balaban J connectivity index is 3.21. The van der Waals surface area contributed by atoms with Crippen molar-refractivity contribution in [3.63, 3.8) is 0 Å². The number of nitrogens with zero attached hydrogens (tertiary/aromatic N) is 2. The summed E-state index contributed by atoms with van der Waals surface area (Å²) in [6.45, 7) is 0. The van der Waals surface area contributed by atoms with Crippen LogP contribution in [0, 0.1) is 10.1 Å². The van der Waals surface area contributed by atoms with Crippen LogP contribution in [0.3, 0.4) is 0 Å². The van der Waals surface area contributed by atoms with Gasteiger partial charge in [-0.05, 0) is 0 Å². The Bertz CT molecular complexity index is 316. The number of hydrogen-bond acceptors (Lipinski definition) is 4. The number of pyridine rings is 1. The highest BCUT2D eigenvalue weighted by atomic mass is 35.5. The van der Waals surface area contributed by atoms with Crippen LogP contribution in [0.4, 0.5) is 11.5 Å². The maximum atomic E-state index is 10.4. The van der Waals surface area contributed by atoms with Crippen molar-refractivity contribution in [1.82, 2.24) is 4.98 Å². The third kappa shape index (κ3) is 1.62. The van der Waals surface area contributed by atoms with Gasteiger partial charge in [0, 0.05) is 19.3 Å². The minimum absolute atomic E-state index is 0.120. The molecule has 0 aromatic carbocycles. The second kappa shape index (κ2) is 3.36. The molecule has 1 heterocycles. The van der Waals surface area contributed by atoms with E-state index in [0.29, 0.717) is 0 Å². The molecule has 5 nitrogen and oxygen atoms in total. The summed E-state index contributed by atoms with van der Waals surface area (Å²) in [5.41, 5.74) is -0.120. The standard InChI is InChI=1S/C6H6ClN3O2/c1-8-6-5(10(11)12)2-4(7)3-9-6/h2-3H,1H3,(H,8,9). The summed E-state index contributed by atoms with van der Waals surface area (Å²) >= 11 is 5.52. The summed E-state index contributed by atoms with van der Waals surface area (Å²) in [6.07, 6.45) is 1.35. The van der Waals surface area contributed by atoms with Gasteiger partial charge in [0.15, 0.2) is 0 Å². The lowest BCUT2D eigenvalue weighted by Crippen LogP contribution is -1.98. The molecule has 0 saturated heterocycles. The number of anilines is 1. The highest BCUT2D eigenvalue weighted by Crippen LogP contribution is 2.23. The van der Waals surface area contributed by atoms with Crippen molar-refractivity contribution in [3.05, 3.63) is 27.4 Å². The van der Waals surface area contributed by atoms with E-state index in [1.807, 2.05) is 0 Å². The van der Waals surface area contributed by atoms with Crippen LogP contribution in [0.2, 0.25) is 5.02 Å². The zero-order valence-corrected chi connectivity index (χ0v) is 7.00. The number of aromatic nitrogens is 1. The fourth-order valence-corrected chi connectivity index (χ4v) is 0.913. The van der Waals surface area contributed by atoms with E-state index in [2.05, 4.69) is 10.3 Å². The molecule has 64 valence electrons. The van der Waals surface area contributed by atoms with E-state index < -0.39 is 4.92 Å². The maximum absolute atomic E-state index is 10.4. The molecule has 0 saturated carbocycles. The summed E-state index contributed by atoms with van der Waals surface area (Å²) in [5.74, 6) is 0.212. The van der Waals surface area contributed by atoms with E-state index in [4.69, 9.17) is 11.6 Å². The average molecular weight is 188 g/mol. The Morgan fingerprint density at radius 3 is 2.92 bits per heavy atom. The van der Waals surface area contributed by atoms with Gasteiger partial charge >= 0.3 is 5.69 Å². The van der Waals surface area contributed by atoms with Crippen LogP contribution in [0.25, 0.3) is 0 Å². The van der Waals surface area contributed by atoms with Gasteiger partial charge in [-0.25, -0.2) is 4.98 Å². The molecule has 1 N–H and O–H groups in total. The van der Waals surface area contributed by atoms with Crippen LogP contribution in [0.15, 0.2) is 12.3 Å². The maximum Gasteiger partial charge on any atom is 0.312 e. The van der Waals surface area contributed by atoms with E-state index in [-0.39, 0.29) is 16.5 Å². The highest BCUT2D eigenvalue weighted by molar-refractivity contribution is 6.30. The van der Waals surface area contributed by atoms with Crippen LogP contribution >= 0.6 is 11.6 Å². The number of hydrogen-bond donors (Lipinski definition) is 1. The molecule has 0 aliphatic carbocycles. The molecule has 0 aliphatic rings. The van der Waals surface area contributed by atoms with Gasteiger partial charge in [-0.15, -0.1) is 0 Å². The lowest BCUT2D eigenvalue weighted by Gasteiger charge is -1.99. The second-order valence-corrected chi connectivity index (χ2v) is 2.46. The second-order valence-electron chi connectivity index (χ2n) is 2.03. The van der Waals surface area contributed by atoms with Crippen molar-refractivity contribution in [1.29, 1.82) is 0 Å². The van der Waals surface area contributed by atoms with Crippen LogP contribution in [-0.4, -0.2) is 17.0 Å². The van der Waals surface area contributed by atoms with Crippen molar-refractivity contribution in [2.75, 3.05) is 12.4 Å². The van der Waals surface area contributed by atoms with Crippen LogP contribution in [0.1, 0.15) is 0 Å². The largest absolute Gasteiger partial charge is 0.367 e. The van der Waals surface area contributed by atoms with Gasteiger partial charge in [-0.1, -0.05) is 11.6 Å². The molecule has 1 aromatic rings. The Morgan fingerprint density at radius 2 is 2.42 bits per heavy atom. The predicted octanol–water partition coefficient (Wildman–Crippen LogP) is 1.68. The molecule has 0 amide bonds.